The lowest BCUT2D eigenvalue weighted by atomic mass is 10.0. The minimum Gasteiger partial charge on any atom is -0.494 e. The number of fused-ring (bicyclic) bond motifs is 1. The molecule has 1 aliphatic heterocycles. The quantitative estimate of drug-likeness (QED) is 0.147. The molecular formula is C38H41N9O4. The molecule has 0 saturated carbocycles. The lowest BCUT2D eigenvalue weighted by molar-refractivity contribution is -0.120. The molecule has 3 heterocycles. The van der Waals surface area contributed by atoms with Gasteiger partial charge in [0.1, 0.15) is 5.75 Å². The van der Waals surface area contributed by atoms with Crippen molar-refractivity contribution in [3.63, 3.8) is 0 Å². The number of likely N-dealkylation sites (N-methyl/N-ethyl adjacent to an activating group) is 2. The number of carbonyl (C=O) groups is 3. The molecule has 0 aliphatic carbocycles. The van der Waals surface area contributed by atoms with Crippen LogP contribution in [0.15, 0.2) is 85.7 Å². The molecule has 2 aromatic heterocycles. The molecule has 0 radical (unpaired) electrons. The van der Waals surface area contributed by atoms with Crippen molar-refractivity contribution in [2.24, 2.45) is 12.8 Å². The van der Waals surface area contributed by atoms with E-state index in [1.807, 2.05) is 80.8 Å². The van der Waals surface area contributed by atoms with E-state index in [9.17, 15) is 14.4 Å². The average Bonchev–Trinajstić information content (AvgIpc) is 3.46. The van der Waals surface area contributed by atoms with Crippen LogP contribution in [-0.2, 0) is 23.2 Å². The maximum Gasteiger partial charge on any atom is 0.328 e. The standard InChI is InChI=1S/C38H41N9O4/c1-24(36(39)49)28-20-31(42-37-40-16-14-30(41-37)29-23-46(4)32-9-7-6-8-27(29)32)34(51-5)21-33(28)45(3)19-18-44(2)22-25-10-12-26(13-11-25)47-17-15-35(48)43-38(47)50/h6-14,16,20-21,23H,1,15,17-19,22H2,2-5H3,(H2,39,49)(H,40,41,42)(H,43,48,50). The van der Waals surface area contributed by atoms with Gasteiger partial charge >= 0.3 is 6.03 Å². The number of nitrogens with one attached hydrogen (secondary N) is 2. The number of hydrogen-bond acceptors (Lipinski definition) is 9. The zero-order valence-electron chi connectivity index (χ0n) is 29.1. The summed E-state index contributed by atoms with van der Waals surface area (Å²) in [6.45, 7) is 6.33. The maximum atomic E-state index is 12.4. The number of aromatic nitrogens is 3. The normalized spacial score (nSPS) is 13.0. The number of imide groups is 1. The molecular weight excluding hydrogens is 646 g/mol. The van der Waals surface area contributed by atoms with Gasteiger partial charge in [0.05, 0.1) is 18.5 Å². The highest BCUT2D eigenvalue weighted by atomic mass is 16.5. The molecule has 1 saturated heterocycles. The lowest BCUT2D eigenvalue weighted by Gasteiger charge is -2.28. The SMILES string of the molecule is C=C(C(N)=O)c1cc(Nc2nccc(-c3cn(C)c4ccccc34)n2)c(OC)cc1N(C)CCN(C)Cc1ccc(N2CCC(=O)NC2=O)cc1. The van der Waals surface area contributed by atoms with Crippen LogP contribution in [0.1, 0.15) is 17.5 Å². The van der Waals surface area contributed by atoms with E-state index in [0.717, 1.165) is 39.1 Å². The highest BCUT2D eigenvalue weighted by Gasteiger charge is 2.24. The smallest absolute Gasteiger partial charge is 0.328 e. The number of rotatable bonds is 13. The van der Waals surface area contributed by atoms with E-state index in [4.69, 9.17) is 15.5 Å². The topological polar surface area (TPSA) is 151 Å². The molecule has 3 aromatic carbocycles. The maximum absolute atomic E-state index is 12.4. The number of benzene rings is 3. The van der Waals surface area contributed by atoms with Gasteiger partial charge in [0.25, 0.3) is 0 Å². The second-order valence-corrected chi connectivity index (χ2v) is 12.6. The number of aryl methyl sites for hydroxylation is 1. The summed E-state index contributed by atoms with van der Waals surface area (Å²) in [6.07, 6.45) is 4.02. The molecule has 1 fully saturated rings. The monoisotopic (exact) mass is 687 g/mol. The number of ether oxygens (including phenoxy) is 1. The van der Waals surface area contributed by atoms with Gasteiger partial charge in [0, 0.05) is 104 Å². The van der Waals surface area contributed by atoms with Crippen molar-refractivity contribution in [1.29, 1.82) is 0 Å². The number of primary amides is 1. The summed E-state index contributed by atoms with van der Waals surface area (Å²) in [4.78, 5) is 51.2. The summed E-state index contributed by atoms with van der Waals surface area (Å²) in [5.41, 5.74) is 12.4. The molecule has 262 valence electrons. The van der Waals surface area contributed by atoms with Gasteiger partial charge in [-0.25, -0.2) is 14.8 Å². The van der Waals surface area contributed by atoms with E-state index in [-0.39, 0.29) is 17.9 Å². The van der Waals surface area contributed by atoms with Crippen molar-refractivity contribution in [2.45, 2.75) is 13.0 Å². The van der Waals surface area contributed by atoms with Gasteiger partial charge in [-0.3, -0.25) is 19.8 Å². The molecule has 51 heavy (non-hydrogen) atoms. The van der Waals surface area contributed by atoms with E-state index in [2.05, 4.69) is 43.8 Å². The molecule has 0 spiro atoms. The Hall–Kier alpha value is -6.21. The summed E-state index contributed by atoms with van der Waals surface area (Å²) in [5, 5.41) is 6.72. The predicted molar refractivity (Wildman–Crippen MR) is 200 cm³/mol. The molecule has 6 rings (SSSR count). The van der Waals surface area contributed by atoms with Gasteiger partial charge in [-0.2, -0.15) is 0 Å². The van der Waals surface area contributed by atoms with Gasteiger partial charge in [0.2, 0.25) is 17.8 Å². The molecule has 13 nitrogen and oxygen atoms in total. The van der Waals surface area contributed by atoms with Crippen molar-refractivity contribution >= 4 is 57.3 Å². The van der Waals surface area contributed by atoms with Gasteiger partial charge in [-0.05, 0) is 42.9 Å². The van der Waals surface area contributed by atoms with Crippen LogP contribution < -0.4 is 30.9 Å². The number of carbonyl (C=O) groups excluding carboxylic acids is 3. The zero-order chi connectivity index (χ0) is 36.2. The third-order valence-electron chi connectivity index (χ3n) is 9.00. The lowest BCUT2D eigenvalue weighted by Crippen LogP contribution is -2.49. The molecule has 0 bridgehead atoms. The van der Waals surface area contributed by atoms with Crippen LogP contribution in [0.2, 0.25) is 0 Å². The molecule has 0 atom stereocenters. The second kappa shape index (κ2) is 14.7. The van der Waals surface area contributed by atoms with Gasteiger partial charge in [-0.1, -0.05) is 36.9 Å². The zero-order valence-corrected chi connectivity index (χ0v) is 29.1. The Bertz CT molecular complexity index is 2130. The summed E-state index contributed by atoms with van der Waals surface area (Å²) >= 11 is 0. The van der Waals surface area contributed by atoms with E-state index in [1.165, 1.54) is 0 Å². The summed E-state index contributed by atoms with van der Waals surface area (Å²) in [6, 6.07) is 21.0. The number of amides is 4. The third-order valence-corrected chi connectivity index (χ3v) is 9.00. The van der Waals surface area contributed by atoms with Crippen molar-refractivity contribution < 1.29 is 19.1 Å². The van der Waals surface area contributed by atoms with E-state index in [1.54, 1.807) is 24.3 Å². The Morgan fingerprint density at radius 3 is 2.57 bits per heavy atom. The number of methoxy groups -OCH3 is 1. The first-order valence-corrected chi connectivity index (χ1v) is 16.5. The fourth-order valence-electron chi connectivity index (χ4n) is 6.18. The summed E-state index contributed by atoms with van der Waals surface area (Å²) < 4.78 is 7.87. The summed E-state index contributed by atoms with van der Waals surface area (Å²) in [7, 11) is 7.55. The van der Waals surface area contributed by atoms with Crippen molar-refractivity contribution in [1.82, 2.24) is 24.8 Å². The molecule has 0 unspecified atom stereocenters. The van der Waals surface area contributed by atoms with Crippen molar-refractivity contribution in [3.8, 4) is 17.0 Å². The van der Waals surface area contributed by atoms with Gasteiger partial charge in [-0.15, -0.1) is 0 Å². The van der Waals surface area contributed by atoms with Gasteiger partial charge in [0.15, 0.2) is 0 Å². The number of nitrogens with two attached hydrogens (primary N) is 1. The van der Waals surface area contributed by atoms with Crippen LogP contribution in [-0.4, -0.2) is 78.1 Å². The molecule has 1 aliphatic rings. The minimum atomic E-state index is -0.635. The Kier molecular flexibility index (Phi) is 10.0. The molecule has 4 amide bonds. The van der Waals surface area contributed by atoms with E-state index in [0.29, 0.717) is 49.1 Å². The Balaban J connectivity index is 1.17. The largest absolute Gasteiger partial charge is 0.494 e. The van der Waals surface area contributed by atoms with Crippen LogP contribution in [0.3, 0.4) is 0 Å². The molecule has 13 heteroatoms. The number of nitrogens with zero attached hydrogens (tertiary/aromatic N) is 6. The van der Waals surface area contributed by atoms with Crippen LogP contribution in [0.4, 0.5) is 27.8 Å². The minimum absolute atomic E-state index is 0.160. The van der Waals surface area contributed by atoms with Crippen molar-refractivity contribution in [2.75, 3.05) is 56.0 Å². The van der Waals surface area contributed by atoms with Crippen LogP contribution in [0.25, 0.3) is 27.7 Å². The Morgan fingerprint density at radius 2 is 1.84 bits per heavy atom. The van der Waals surface area contributed by atoms with E-state index < -0.39 is 11.9 Å². The highest BCUT2D eigenvalue weighted by Crippen LogP contribution is 2.38. The number of para-hydroxylation sites is 1. The fourth-order valence-corrected chi connectivity index (χ4v) is 6.18. The number of urea groups is 1. The fraction of sp³-hybridized carbons (Fsp3) is 0.237. The second-order valence-electron chi connectivity index (χ2n) is 12.6. The number of anilines is 4. The Labute approximate surface area is 296 Å². The van der Waals surface area contributed by atoms with Crippen LogP contribution in [0, 0.1) is 0 Å². The summed E-state index contributed by atoms with van der Waals surface area (Å²) in [5.74, 6) is -0.00850. The third kappa shape index (κ3) is 7.53. The first kappa shape index (κ1) is 34.6. The number of hydrogen-bond donors (Lipinski definition) is 3. The first-order valence-electron chi connectivity index (χ1n) is 16.5. The van der Waals surface area contributed by atoms with Crippen molar-refractivity contribution in [3.05, 3.63) is 96.8 Å². The Morgan fingerprint density at radius 1 is 1.08 bits per heavy atom. The first-order chi connectivity index (χ1) is 24.5. The van der Waals surface area contributed by atoms with Crippen LogP contribution in [0.5, 0.6) is 5.75 Å². The average molecular weight is 688 g/mol. The van der Waals surface area contributed by atoms with E-state index >= 15 is 0 Å². The highest BCUT2D eigenvalue weighted by molar-refractivity contribution is 6.19. The molecule has 4 N–H and O–H groups in total. The predicted octanol–water partition coefficient (Wildman–Crippen LogP) is 4.90. The molecule has 5 aromatic rings. The van der Waals surface area contributed by atoms with Gasteiger partial charge < -0.3 is 30.2 Å². The van der Waals surface area contributed by atoms with Crippen LogP contribution >= 0.6 is 0 Å².